The van der Waals surface area contributed by atoms with Crippen molar-refractivity contribution in [2.75, 3.05) is 12.8 Å². The Morgan fingerprint density at radius 2 is 1.73 bits per heavy atom. The van der Waals surface area contributed by atoms with Crippen LogP contribution in [0.4, 0.5) is 26.3 Å². The number of hydrogen-bond acceptors (Lipinski definition) is 6. The van der Waals surface area contributed by atoms with Crippen LogP contribution in [0.15, 0.2) is 12.1 Å². The first-order chi connectivity index (χ1) is 15.1. The number of aromatic nitrogens is 3. The van der Waals surface area contributed by atoms with Gasteiger partial charge in [0.15, 0.2) is 17.5 Å². The molecule has 0 saturated carbocycles. The number of hydrogen-bond donors (Lipinski definition) is 2. The van der Waals surface area contributed by atoms with E-state index in [1.807, 2.05) is 0 Å². The number of benzene rings is 1. The lowest BCUT2D eigenvalue weighted by Gasteiger charge is -2.29. The Hall–Kier alpha value is -2.72. The average Bonchev–Trinajstić information content (AvgIpc) is 3.08. The third-order valence-corrected chi connectivity index (χ3v) is 4.37. The second-order valence-electron chi connectivity index (χ2n) is 7.16. The van der Waals surface area contributed by atoms with Gasteiger partial charge in [-0.1, -0.05) is 0 Å². The summed E-state index contributed by atoms with van der Waals surface area (Å²) in [6.07, 6.45) is -4.39. The highest BCUT2D eigenvalue weighted by Gasteiger charge is 2.40. The normalized spacial score (nSPS) is 14.9. The van der Waals surface area contributed by atoms with Crippen molar-refractivity contribution in [1.29, 1.82) is 0 Å². The maximum atomic E-state index is 13.7. The van der Waals surface area contributed by atoms with E-state index in [2.05, 4.69) is 10.2 Å². The predicted molar refractivity (Wildman–Crippen MR) is 101 cm³/mol. The molecule has 0 saturated heterocycles. The minimum atomic E-state index is -4.64. The number of amides is 1. The van der Waals surface area contributed by atoms with Crippen LogP contribution in [0.1, 0.15) is 23.6 Å². The number of carbonyl (C=O) groups is 1. The Bertz CT molecular complexity index is 1110. The van der Waals surface area contributed by atoms with E-state index >= 15 is 0 Å². The lowest BCUT2D eigenvalue weighted by atomic mass is 10.0. The van der Waals surface area contributed by atoms with Gasteiger partial charge < -0.3 is 15.2 Å². The molecule has 0 bridgehead atoms. The van der Waals surface area contributed by atoms with E-state index in [0.717, 1.165) is 4.57 Å². The van der Waals surface area contributed by atoms with Crippen molar-refractivity contribution in [1.82, 2.24) is 19.7 Å². The van der Waals surface area contributed by atoms with Crippen molar-refractivity contribution >= 4 is 16.0 Å². The third-order valence-electron chi connectivity index (χ3n) is 4.37. The van der Waals surface area contributed by atoms with Gasteiger partial charge in [0.1, 0.15) is 5.82 Å². The van der Waals surface area contributed by atoms with E-state index in [4.69, 9.17) is 10.3 Å². The number of halogens is 6. The first-order valence-electron chi connectivity index (χ1n) is 9.14. The summed E-state index contributed by atoms with van der Waals surface area (Å²) in [4.78, 5) is 13.6. The zero-order valence-corrected chi connectivity index (χ0v) is 17.8. The van der Waals surface area contributed by atoms with Crippen LogP contribution in [-0.2, 0) is 40.6 Å². The highest BCUT2D eigenvalue weighted by molar-refractivity contribution is 7.85. The summed E-state index contributed by atoms with van der Waals surface area (Å²) in [5.74, 6) is -5.15. The van der Waals surface area contributed by atoms with Gasteiger partial charge in [0, 0.05) is 31.6 Å². The minimum Gasteiger partial charge on any atom is -0.333 e. The summed E-state index contributed by atoms with van der Waals surface area (Å²) < 4.78 is 105. The molecule has 2 heterocycles. The fraction of sp³-hybridized carbons (Fsp3) is 0.471. The van der Waals surface area contributed by atoms with Gasteiger partial charge in [0.05, 0.1) is 12.8 Å². The van der Waals surface area contributed by atoms with Crippen LogP contribution < -0.4 is 5.73 Å². The predicted octanol–water partition coefficient (Wildman–Crippen LogP) is 1.52. The summed E-state index contributed by atoms with van der Waals surface area (Å²) >= 11 is 0. The summed E-state index contributed by atoms with van der Waals surface area (Å²) in [6, 6.07) is 0.184. The summed E-state index contributed by atoms with van der Waals surface area (Å²) in [5, 5.41) is 6.60. The number of rotatable bonds is 4. The smallest absolute Gasteiger partial charge is 0.333 e. The highest BCUT2D eigenvalue weighted by Crippen LogP contribution is 2.29. The molecule has 1 aromatic carbocycles. The van der Waals surface area contributed by atoms with Crippen LogP contribution >= 0.6 is 0 Å². The molecular formula is C17H19F6N5O4S. The summed E-state index contributed by atoms with van der Waals surface area (Å²) in [5.41, 5.74) is 5.64. The molecule has 0 radical (unpaired) electrons. The number of fused-ring (bicyclic) bond motifs is 1. The Balaban J connectivity index is 0.000000696. The fourth-order valence-corrected chi connectivity index (χ4v) is 3.01. The van der Waals surface area contributed by atoms with Crippen molar-refractivity contribution < 1.29 is 44.1 Å². The molecule has 1 aliphatic rings. The van der Waals surface area contributed by atoms with Crippen molar-refractivity contribution in [3.8, 4) is 0 Å². The lowest BCUT2D eigenvalue weighted by molar-refractivity contribution is -0.148. The van der Waals surface area contributed by atoms with E-state index in [9.17, 15) is 39.6 Å². The molecule has 1 aliphatic heterocycles. The molecule has 1 aromatic heterocycles. The Morgan fingerprint density at radius 1 is 1.15 bits per heavy atom. The van der Waals surface area contributed by atoms with Gasteiger partial charge in [-0.25, -0.2) is 13.2 Å². The monoisotopic (exact) mass is 503 g/mol. The summed E-state index contributed by atoms with van der Waals surface area (Å²) in [6.45, 7) is -0.302. The second kappa shape index (κ2) is 10.0. The largest absolute Gasteiger partial charge is 0.451 e. The average molecular weight is 503 g/mol. The van der Waals surface area contributed by atoms with Gasteiger partial charge in [0.2, 0.25) is 11.7 Å². The molecule has 1 amide bonds. The first kappa shape index (κ1) is 26.5. The van der Waals surface area contributed by atoms with Gasteiger partial charge in [0.25, 0.3) is 10.1 Å². The van der Waals surface area contributed by atoms with Crippen molar-refractivity contribution in [2.24, 2.45) is 5.73 Å². The molecule has 9 nitrogen and oxygen atoms in total. The van der Waals surface area contributed by atoms with Gasteiger partial charge in [-0.05, 0) is 18.1 Å². The molecule has 3 N–H and O–H groups in total. The molecule has 16 heteroatoms. The Labute approximate surface area is 183 Å². The SMILES string of the molecule is CS(=O)(=O)O.N[C@@H](CC(=O)N1CCn2c(nnc2C(F)(F)F)C1)Cc1cc(F)c(F)cc1F. The molecule has 0 spiro atoms. The molecule has 0 aliphatic carbocycles. The van der Waals surface area contributed by atoms with Crippen LogP contribution in [-0.4, -0.2) is 57.4 Å². The van der Waals surface area contributed by atoms with E-state index in [0.29, 0.717) is 18.4 Å². The number of carbonyl (C=O) groups excluding carboxylic acids is 1. The standard InChI is InChI=1S/C16H15F6N5O.CH4O3S/c17-10-6-12(19)11(18)4-8(10)3-9(23)5-14(28)26-1-2-27-13(7-26)24-25-15(27)16(20,21)22;1-5(2,3)4/h4,6,9H,1-3,5,7,23H2;1H3,(H,2,3,4)/t9-;/m1./s1. The van der Waals surface area contributed by atoms with E-state index < -0.39 is 51.5 Å². The maximum Gasteiger partial charge on any atom is 0.451 e. The molecule has 1 atom stereocenters. The van der Waals surface area contributed by atoms with Gasteiger partial charge >= 0.3 is 6.18 Å². The first-order valence-corrected chi connectivity index (χ1v) is 11.0. The molecule has 0 fully saturated rings. The highest BCUT2D eigenvalue weighted by atomic mass is 32.2. The van der Waals surface area contributed by atoms with Crippen LogP contribution in [0.3, 0.4) is 0 Å². The van der Waals surface area contributed by atoms with Crippen molar-refractivity contribution in [2.45, 2.75) is 38.1 Å². The Kier molecular flexibility index (Phi) is 8.08. The lowest BCUT2D eigenvalue weighted by Crippen LogP contribution is -2.42. The van der Waals surface area contributed by atoms with Crippen molar-refractivity contribution in [3.05, 3.63) is 46.8 Å². The zero-order chi connectivity index (χ0) is 25.1. The molecule has 184 valence electrons. The second-order valence-corrected chi connectivity index (χ2v) is 8.63. The molecule has 3 rings (SSSR count). The molecule has 0 unspecified atom stereocenters. The Morgan fingerprint density at radius 3 is 2.30 bits per heavy atom. The van der Waals surface area contributed by atoms with Crippen LogP contribution in [0, 0.1) is 17.5 Å². The molecule has 2 aromatic rings. The van der Waals surface area contributed by atoms with Crippen molar-refractivity contribution in [3.63, 3.8) is 0 Å². The van der Waals surface area contributed by atoms with Gasteiger partial charge in [-0.2, -0.15) is 21.6 Å². The zero-order valence-electron chi connectivity index (χ0n) is 17.0. The topological polar surface area (TPSA) is 131 Å². The van der Waals surface area contributed by atoms with Crippen LogP contribution in [0.5, 0.6) is 0 Å². The molecule has 33 heavy (non-hydrogen) atoms. The van der Waals surface area contributed by atoms with Gasteiger partial charge in [-0.3, -0.25) is 9.35 Å². The number of nitrogens with zero attached hydrogens (tertiary/aromatic N) is 4. The molecular weight excluding hydrogens is 484 g/mol. The minimum absolute atomic E-state index is 0.000783. The van der Waals surface area contributed by atoms with Crippen LogP contribution in [0.2, 0.25) is 0 Å². The van der Waals surface area contributed by atoms with E-state index in [-0.39, 0.29) is 43.9 Å². The maximum absolute atomic E-state index is 13.7. The van der Waals surface area contributed by atoms with Crippen LogP contribution in [0.25, 0.3) is 0 Å². The number of nitrogens with two attached hydrogens (primary N) is 1. The van der Waals surface area contributed by atoms with Gasteiger partial charge in [-0.15, -0.1) is 10.2 Å². The quantitative estimate of drug-likeness (QED) is 0.367. The number of alkyl halides is 3. The van der Waals surface area contributed by atoms with E-state index in [1.165, 1.54) is 4.90 Å². The third kappa shape index (κ3) is 7.68. The van der Waals surface area contributed by atoms with E-state index in [1.54, 1.807) is 0 Å². The summed E-state index contributed by atoms with van der Waals surface area (Å²) in [7, 11) is -3.67. The fourth-order valence-electron chi connectivity index (χ4n) is 3.01.